The molecule has 3 rings (SSSR count). The van der Waals surface area contributed by atoms with Crippen LogP contribution in [0.2, 0.25) is 0 Å². The normalized spacial score (nSPS) is 20.9. The lowest BCUT2D eigenvalue weighted by atomic mass is 10.1. The first-order valence-electron chi connectivity index (χ1n) is 8.56. The molecule has 25 heavy (non-hydrogen) atoms. The number of likely N-dealkylation sites (N-methyl/N-ethyl adjacent to an activating group) is 1. The Morgan fingerprint density at radius 2 is 2.12 bits per heavy atom. The van der Waals surface area contributed by atoms with Gasteiger partial charge in [0.2, 0.25) is 11.8 Å². The molecule has 0 spiro atoms. The van der Waals surface area contributed by atoms with Crippen molar-refractivity contribution in [1.82, 2.24) is 19.8 Å². The third kappa shape index (κ3) is 3.81. The molecule has 1 atom stereocenters. The monoisotopic (exact) mass is 364 g/mol. The van der Waals surface area contributed by atoms with Gasteiger partial charge in [0, 0.05) is 38.5 Å². The largest absolute Gasteiger partial charge is 0.383 e. The molecule has 2 N–H and O–H groups in total. The average molecular weight is 364 g/mol. The van der Waals surface area contributed by atoms with E-state index in [9.17, 15) is 9.59 Å². The molecule has 2 amide bonds. The van der Waals surface area contributed by atoms with Gasteiger partial charge in [0.15, 0.2) is 5.16 Å². The van der Waals surface area contributed by atoms with Crippen LogP contribution in [-0.2, 0) is 9.59 Å². The summed E-state index contributed by atoms with van der Waals surface area (Å²) in [5.74, 6) is 2.08. The van der Waals surface area contributed by atoms with Gasteiger partial charge < -0.3 is 20.4 Å². The van der Waals surface area contributed by atoms with Crippen molar-refractivity contribution in [3.05, 3.63) is 6.07 Å². The second kappa shape index (κ2) is 7.47. The smallest absolute Gasteiger partial charge is 0.247 e. The molecule has 2 saturated heterocycles. The quantitative estimate of drug-likeness (QED) is 0.460. The highest BCUT2D eigenvalue weighted by Crippen LogP contribution is 2.25. The Morgan fingerprint density at radius 1 is 1.32 bits per heavy atom. The molecule has 0 saturated carbocycles. The number of nitrogens with zero attached hydrogens (tertiary/aromatic N) is 5. The van der Waals surface area contributed by atoms with Crippen molar-refractivity contribution in [2.45, 2.75) is 31.0 Å². The minimum atomic E-state index is -0.451. The van der Waals surface area contributed by atoms with Crippen LogP contribution in [0.5, 0.6) is 0 Å². The Kier molecular flexibility index (Phi) is 5.31. The zero-order valence-corrected chi connectivity index (χ0v) is 15.5. The molecule has 136 valence electrons. The number of hydrogen-bond donors (Lipinski definition) is 1. The summed E-state index contributed by atoms with van der Waals surface area (Å²) in [6.45, 7) is 3.89. The lowest BCUT2D eigenvalue weighted by Gasteiger charge is -2.45. The molecule has 0 unspecified atom stereocenters. The molecular weight excluding hydrogens is 340 g/mol. The predicted molar refractivity (Wildman–Crippen MR) is 97.4 cm³/mol. The topological polar surface area (TPSA) is 95.7 Å². The molecule has 0 bridgehead atoms. The van der Waals surface area contributed by atoms with Gasteiger partial charge in [-0.05, 0) is 6.42 Å². The number of anilines is 2. The fraction of sp³-hybridized carbons (Fsp3) is 0.625. The van der Waals surface area contributed by atoms with Crippen LogP contribution in [0.3, 0.4) is 0 Å². The number of hydrogen-bond acceptors (Lipinski definition) is 7. The predicted octanol–water partition coefficient (Wildman–Crippen LogP) is 0.440. The molecule has 2 aliphatic rings. The van der Waals surface area contributed by atoms with Crippen molar-refractivity contribution < 1.29 is 9.59 Å². The molecule has 3 heterocycles. The maximum atomic E-state index is 12.4. The minimum Gasteiger partial charge on any atom is -0.383 e. The van der Waals surface area contributed by atoms with Gasteiger partial charge in [-0.25, -0.2) is 9.97 Å². The van der Waals surface area contributed by atoms with Crippen molar-refractivity contribution in [2.24, 2.45) is 0 Å². The standard InChI is InChI=1S/C16H24N6O2S/c1-3-4-7-25-16-18-12(17)8-13(19-16)21-5-6-22-11(9-21)15(24)20(2)10-14(22)23/h8,11H,3-7,9-10H2,1-2H3,(H2,17,18,19)/t11-/m0/s1. The maximum absolute atomic E-state index is 12.4. The lowest BCUT2D eigenvalue weighted by molar-refractivity contribution is -0.154. The third-order valence-corrected chi connectivity index (χ3v) is 5.43. The van der Waals surface area contributed by atoms with E-state index in [2.05, 4.69) is 16.9 Å². The van der Waals surface area contributed by atoms with Gasteiger partial charge in [-0.2, -0.15) is 0 Å². The van der Waals surface area contributed by atoms with Crippen molar-refractivity contribution in [3.63, 3.8) is 0 Å². The van der Waals surface area contributed by atoms with Crippen LogP contribution < -0.4 is 10.6 Å². The number of carbonyl (C=O) groups excluding carboxylic acids is 2. The van der Waals surface area contributed by atoms with Crippen LogP contribution in [0.25, 0.3) is 0 Å². The Morgan fingerprint density at radius 3 is 2.88 bits per heavy atom. The van der Waals surface area contributed by atoms with Crippen LogP contribution in [0, 0.1) is 0 Å². The molecule has 1 aromatic heterocycles. The maximum Gasteiger partial charge on any atom is 0.247 e. The molecule has 9 heteroatoms. The Balaban J connectivity index is 1.76. The van der Waals surface area contributed by atoms with Crippen LogP contribution >= 0.6 is 11.8 Å². The number of thioether (sulfide) groups is 1. The summed E-state index contributed by atoms with van der Waals surface area (Å²) in [4.78, 5) is 38.7. The first kappa shape index (κ1) is 17.8. The number of unbranched alkanes of at least 4 members (excludes halogenated alkanes) is 1. The van der Waals surface area contributed by atoms with Crippen LogP contribution in [0.15, 0.2) is 11.2 Å². The summed E-state index contributed by atoms with van der Waals surface area (Å²) in [6, 6.07) is 1.28. The highest BCUT2D eigenvalue weighted by molar-refractivity contribution is 7.99. The third-order valence-electron chi connectivity index (χ3n) is 4.50. The first-order valence-corrected chi connectivity index (χ1v) is 9.55. The van der Waals surface area contributed by atoms with E-state index in [0.29, 0.717) is 30.6 Å². The highest BCUT2D eigenvalue weighted by Gasteiger charge is 2.41. The number of fused-ring (bicyclic) bond motifs is 1. The molecular formula is C16H24N6O2S. The Labute approximate surface area is 151 Å². The van der Waals surface area contributed by atoms with Gasteiger partial charge in [0.05, 0.1) is 6.54 Å². The zero-order valence-electron chi connectivity index (χ0n) is 14.6. The minimum absolute atomic E-state index is 0.00441. The molecule has 0 aromatic carbocycles. The number of rotatable bonds is 5. The molecule has 1 aromatic rings. The Bertz CT molecular complexity index is 670. The molecule has 0 aliphatic carbocycles. The van der Waals surface area contributed by atoms with E-state index in [1.807, 2.05) is 4.90 Å². The van der Waals surface area contributed by atoms with E-state index >= 15 is 0 Å². The number of nitrogen functional groups attached to an aromatic ring is 1. The van der Waals surface area contributed by atoms with Gasteiger partial charge in [0.1, 0.15) is 17.7 Å². The average Bonchev–Trinajstić information content (AvgIpc) is 2.59. The van der Waals surface area contributed by atoms with E-state index in [1.54, 1.807) is 29.8 Å². The van der Waals surface area contributed by atoms with E-state index in [4.69, 9.17) is 5.73 Å². The number of aromatic nitrogens is 2. The lowest BCUT2D eigenvalue weighted by Crippen LogP contribution is -2.66. The summed E-state index contributed by atoms with van der Waals surface area (Å²) in [5.41, 5.74) is 5.94. The second-order valence-electron chi connectivity index (χ2n) is 6.38. The molecule has 2 fully saturated rings. The number of amides is 2. The van der Waals surface area contributed by atoms with Gasteiger partial charge >= 0.3 is 0 Å². The van der Waals surface area contributed by atoms with E-state index < -0.39 is 6.04 Å². The number of piperazine rings is 2. The van der Waals surface area contributed by atoms with Crippen LogP contribution in [0.4, 0.5) is 11.6 Å². The van der Waals surface area contributed by atoms with Crippen LogP contribution in [0.1, 0.15) is 19.8 Å². The first-order chi connectivity index (χ1) is 12.0. The molecule has 2 aliphatic heterocycles. The van der Waals surface area contributed by atoms with Gasteiger partial charge in [-0.15, -0.1) is 0 Å². The number of carbonyl (C=O) groups is 2. The van der Waals surface area contributed by atoms with Crippen molar-refractivity contribution >= 4 is 35.2 Å². The van der Waals surface area contributed by atoms with Crippen molar-refractivity contribution in [1.29, 1.82) is 0 Å². The summed E-state index contributed by atoms with van der Waals surface area (Å²) in [7, 11) is 1.67. The van der Waals surface area contributed by atoms with E-state index in [1.165, 1.54) is 4.90 Å². The highest BCUT2D eigenvalue weighted by atomic mass is 32.2. The van der Waals surface area contributed by atoms with Gasteiger partial charge in [-0.3, -0.25) is 9.59 Å². The molecule has 8 nitrogen and oxygen atoms in total. The Hall–Kier alpha value is -2.03. The molecule has 0 radical (unpaired) electrons. The summed E-state index contributed by atoms with van der Waals surface area (Å²) < 4.78 is 0. The van der Waals surface area contributed by atoms with E-state index in [-0.39, 0.29) is 18.4 Å². The van der Waals surface area contributed by atoms with Crippen molar-refractivity contribution in [2.75, 3.05) is 49.6 Å². The second-order valence-corrected chi connectivity index (χ2v) is 7.44. The SMILES string of the molecule is CCCCSc1nc(N)cc(N2CCN3C(=O)CN(C)C(=O)[C@@H]3C2)n1. The summed E-state index contributed by atoms with van der Waals surface area (Å²) >= 11 is 1.59. The van der Waals surface area contributed by atoms with Gasteiger partial charge in [0.25, 0.3) is 0 Å². The fourth-order valence-corrected chi connectivity index (χ4v) is 4.04. The van der Waals surface area contributed by atoms with Gasteiger partial charge in [-0.1, -0.05) is 25.1 Å². The number of nitrogens with two attached hydrogens (primary N) is 1. The summed E-state index contributed by atoms with van der Waals surface area (Å²) in [5, 5.41) is 0.661. The summed E-state index contributed by atoms with van der Waals surface area (Å²) in [6.07, 6.45) is 2.22. The zero-order chi connectivity index (χ0) is 18.0. The van der Waals surface area contributed by atoms with E-state index in [0.717, 1.165) is 24.4 Å². The fourth-order valence-electron chi connectivity index (χ4n) is 3.09. The van der Waals surface area contributed by atoms with Crippen LogP contribution in [-0.4, -0.2) is 76.6 Å². The van der Waals surface area contributed by atoms with Crippen molar-refractivity contribution in [3.8, 4) is 0 Å².